The van der Waals surface area contributed by atoms with E-state index in [1.165, 1.54) is 4.68 Å². The van der Waals surface area contributed by atoms with E-state index in [4.69, 9.17) is 5.11 Å². The maximum atomic E-state index is 11.8. The summed E-state index contributed by atoms with van der Waals surface area (Å²) >= 11 is 0. The highest BCUT2D eigenvalue weighted by molar-refractivity contribution is 5.92. The van der Waals surface area contributed by atoms with E-state index in [0.717, 1.165) is 18.5 Å². The molecule has 1 aromatic rings. The SMILES string of the molecule is CCCc1cc(C(=O)NCC(C)C(=O)O)n(C)n1. The molecule has 0 aliphatic heterocycles. The van der Waals surface area contributed by atoms with E-state index in [9.17, 15) is 9.59 Å². The molecular formula is C12H19N3O3. The Bertz CT molecular complexity index is 440. The quantitative estimate of drug-likeness (QED) is 0.786. The summed E-state index contributed by atoms with van der Waals surface area (Å²) in [6.45, 7) is 3.71. The Kier molecular flexibility index (Phi) is 4.88. The number of hydrogen-bond acceptors (Lipinski definition) is 3. The molecule has 0 fully saturated rings. The number of carbonyl (C=O) groups excluding carboxylic acids is 1. The van der Waals surface area contributed by atoms with Gasteiger partial charge in [0.1, 0.15) is 5.69 Å². The molecule has 6 nitrogen and oxygen atoms in total. The summed E-state index contributed by atoms with van der Waals surface area (Å²) < 4.78 is 1.52. The number of amides is 1. The number of hydrogen-bond donors (Lipinski definition) is 2. The van der Waals surface area contributed by atoms with Crippen molar-refractivity contribution >= 4 is 11.9 Å². The molecule has 0 aromatic carbocycles. The Balaban J connectivity index is 2.64. The first-order valence-corrected chi connectivity index (χ1v) is 5.99. The van der Waals surface area contributed by atoms with Gasteiger partial charge < -0.3 is 10.4 Å². The number of aliphatic carboxylic acids is 1. The molecule has 1 amide bonds. The van der Waals surface area contributed by atoms with E-state index in [-0.39, 0.29) is 12.5 Å². The van der Waals surface area contributed by atoms with Crippen molar-refractivity contribution in [1.29, 1.82) is 0 Å². The van der Waals surface area contributed by atoms with Gasteiger partial charge >= 0.3 is 5.97 Å². The van der Waals surface area contributed by atoms with Crippen LogP contribution in [0, 0.1) is 5.92 Å². The molecule has 1 atom stereocenters. The zero-order valence-electron chi connectivity index (χ0n) is 10.9. The molecule has 1 heterocycles. The number of nitrogens with zero attached hydrogens (tertiary/aromatic N) is 2. The molecule has 1 aromatic heterocycles. The summed E-state index contributed by atoms with van der Waals surface area (Å²) in [7, 11) is 1.70. The minimum atomic E-state index is -0.924. The molecule has 18 heavy (non-hydrogen) atoms. The van der Waals surface area contributed by atoms with Gasteiger partial charge in [0.05, 0.1) is 11.6 Å². The maximum absolute atomic E-state index is 11.8. The molecule has 0 aliphatic carbocycles. The molecule has 2 N–H and O–H groups in total. The van der Waals surface area contributed by atoms with Crippen LogP contribution in [0.3, 0.4) is 0 Å². The Hall–Kier alpha value is -1.85. The summed E-state index contributed by atoms with van der Waals surface area (Å²) in [6.07, 6.45) is 1.79. The Morgan fingerprint density at radius 3 is 2.78 bits per heavy atom. The Morgan fingerprint density at radius 1 is 1.56 bits per heavy atom. The van der Waals surface area contributed by atoms with Gasteiger partial charge in [0.25, 0.3) is 5.91 Å². The second-order valence-electron chi connectivity index (χ2n) is 4.34. The first-order chi connectivity index (χ1) is 8.45. The van der Waals surface area contributed by atoms with Crippen LogP contribution in [0.5, 0.6) is 0 Å². The van der Waals surface area contributed by atoms with Crippen LogP contribution in [0.2, 0.25) is 0 Å². The van der Waals surface area contributed by atoms with Crippen molar-refractivity contribution in [2.24, 2.45) is 13.0 Å². The molecule has 6 heteroatoms. The predicted molar refractivity (Wildman–Crippen MR) is 66.3 cm³/mol. The van der Waals surface area contributed by atoms with E-state index in [1.54, 1.807) is 20.0 Å². The van der Waals surface area contributed by atoms with Crippen LogP contribution in [0.4, 0.5) is 0 Å². The minimum Gasteiger partial charge on any atom is -0.481 e. The van der Waals surface area contributed by atoms with E-state index < -0.39 is 11.9 Å². The molecule has 0 saturated carbocycles. The summed E-state index contributed by atoms with van der Waals surface area (Å²) in [5.74, 6) is -1.82. The van der Waals surface area contributed by atoms with E-state index >= 15 is 0 Å². The monoisotopic (exact) mass is 253 g/mol. The number of carboxylic acid groups (broad SMARTS) is 1. The molecule has 0 saturated heterocycles. The molecule has 0 radical (unpaired) electrons. The minimum absolute atomic E-state index is 0.114. The molecule has 0 bridgehead atoms. The fourth-order valence-electron chi connectivity index (χ4n) is 1.54. The Labute approximate surface area is 106 Å². The first kappa shape index (κ1) is 14.2. The van der Waals surface area contributed by atoms with Crippen molar-refractivity contribution in [2.75, 3.05) is 6.54 Å². The third kappa shape index (κ3) is 3.58. The smallest absolute Gasteiger partial charge is 0.308 e. The molecule has 1 unspecified atom stereocenters. The number of carbonyl (C=O) groups is 2. The largest absolute Gasteiger partial charge is 0.481 e. The second kappa shape index (κ2) is 6.18. The highest BCUT2D eigenvalue weighted by Crippen LogP contribution is 2.05. The number of carboxylic acids is 1. The van der Waals surface area contributed by atoms with Gasteiger partial charge in [-0.15, -0.1) is 0 Å². The van der Waals surface area contributed by atoms with Gasteiger partial charge in [-0.1, -0.05) is 20.3 Å². The first-order valence-electron chi connectivity index (χ1n) is 5.99. The fraction of sp³-hybridized carbons (Fsp3) is 0.583. The lowest BCUT2D eigenvalue weighted by molar-refractivity contribution is -0.140. The van der Waals surface area contributed by atoms with Crippen molar-refractivity contribution in [1.82, 2.24) is 15.1 Å². The summed E-state index contributed by atoms with van der Waals surface area (Å²) in [6, 6.07) is 1.74. The van der Waals surface area contributed by atoms with Crippen molar-refractivity contribution in [3.8, 4) is 0 Å². The molecule has 1 rings (SSSR count). The fourth-order valence-corrected chi connectivity index (χ4v) is 1.54. The maximum Gasteiger partial charge on any atom is 0.308 e. The molecule has 100 valence electrons. The van der Waals surface area contributed by atoms with Crippen LogP contribution in [0.25, 0.3) is 0 Å². The highest BCUT2D eigenvalue weighted by Gasteiger charge is 2.16. The lowest BCUT2D eigenvalue weighted by atomic mass is 10.2. The van der Waals surface area contributed by atoms with Gasteiger partial charge in [-0.05, 0) is 12.5 Å². The summed E-state index contributed by atoms with van der Waals surface area (Å²) in [5, 5.41) is 15.5. The highest BCUT2D eigenvalue weighted by atomic mass is 16.4. The van der Waals surface area contributed by atoms with Crippen molar-refractivity contribution in [3.05, 3.63) is 17.5 Å². The van der Waals surface area contributed by atoms with Gasteiger partial charge in [0, 0.05) is 13.6 Å². The second-order valence-corrected chi connectivity index (χ2v) is 4.34. The van der Waals surface area contributed by atoms with Gasteiger partial charge in [0.2, 0.25) is 0 Å². The molecule has 0 aliphatic rings. The lowest BCUT2D eigenvalue weighted by Crippen LogP contribution is -2.32. The van der Waals surface area contributed by atoms with E-state index in [1.807, 2.05) is 6.92 Å². The molecule has 0 spiro atoms. The lowest BCUT2D eigenvalue weighted by Gasteiger charge is -2.08. The van der Waals surface area contributed by atoms with Crippen molar-refractivity contribution in [3.63, 3.8) is 0 Å². The van der Waals surface area contributed by atoms with Crippen molar-refractivity contribution < 1.29 is 14.7 Å². The third-order valence-electron chi connectivity index (χ3n) is 2.66. The zero-order valence-corrected chi connectivity index (χ0v) is 10.9. The summed E-state index contributed by atoms with van der Waals surface area (Å²) in [5.41, 5.74) is 1.33. The van der Waals surface area contributed by atoms with Crippen LogP contribution in [-0.2, 0) is 18.3 Å². The topological polar surface area (TPSA) is 84.2 Å². The number of rotatable bonds is 6. The standard InChI is InChI=1S/C12H19N3O3/c1-4-5-9-6-10(15(3)14-9)11(16)13-7-8(2)12(17)18/h6,8H,4-5,7H2,1-3H3,(H,13,16)(H,17,18). The van der Waals surface area contributed by atoms with E-state index in [2.05, 4.69) is 10.4 Å². The van der Waals surface area contributed by atoms with Crippen LogP contribution >= 0.6 is 0 Å². The summed E-state index contributed by atoms with van der Waals surface area (Å²) in [4.78, 5) is 22.5. The third-order valence-corrected chi connectivity index (χ3v) is 2.66. The van der Waals surface area contributed by atoms with Crippen molar-refractivity contribution in [2.45, 2.75) is 26.7 Å². The van der Waals surface area contributed by atoms with Crippen LogP contribution < -0.4 is 5.32 Å². The van der Waals surface area contributed by atoms with Gasteiger partial charge in [-0.2, -0.15) is 5.10 Å². The number of aromatic nitrogens is 2. The van der Waals surface area contributed by atoms with Gasteiger partial charge in [-0.3, -0.25) is 14.3 Å². The zero-order chi connectivity index (χ0) is 13.7. The number of nitrogens with one attached hydrogen (secondary N) is 1. The van der Waals surface area contributed by atoms with E-state index in [0.29, 0.717) is 5.69 Å². The average molecular weight is 253 g/mol. The van der Waals surface area contributed by atoms with Gasteiger partial charge in [-0.25, -0.2) is 0 Å². The van der Waals surface area contributed by atoms with Crippen LogP contribution in [-0.4, -0.2) is 33.3 Å². The van der Waals surface area contributed by atoms with Crippen LogP contribution in [0.15, 0.2) is 6.07 Å². The predicted octanol–water partition coefficient (Wildman–Crippen LogP) is 0.823. The normalized spacial score (nSPS) is 12.2. The Morgan fingerprint density at radius 2 is 2.22 bits per heavy atom. The molecular weight excluding hydrogens is 234 g/mol. The number of aryl methyl sites for hydroxylation is 2. The van der Waals surface area contributed by atoms with Gasteiger partial charge in [0.15, 0.2) is 0 Å². The van der Waals surface area contributed by atoms with Crippen LogP contribution in [0.1, 0.15) is 36.5 Å². The average Bonchev–Trinajstić information content (AvgIpc) is 2.67.